The van der Waals surface area contributed by atoms with E-state index < -0.39 is 0 Å². The number of allylic oxidation sites excluding steroid dienone is 4. The smallest absolute Gasteiger partial charge is 0.127 e. The molecule has 0 aliphatic heterocycles. The third-order valence-electron chi connectivity index (χ3n) is 4.09. The largest absolute Gasteiger partial charge is 0.457 e. The van der Waals surface area contributed by atoms with E-state index in [1.807, 2.05) is 106 Å². The van der Waals surface area contributed by atoms with Crippen molar-refractivity contribution < 1.29 is 4.74 Å². The highest BCUT2D eigenvalue weighted by Crippen LogP contribution is 2.23. The minimum absolute atomic E-state index is 0.738. The molecule has 1 N–H and O–H groups in total. The summed E-state index contributed by atoms with van der Waals surface area (Å²) in [5, 5.41) is 3.28. The van der Waals surface area contributed by atoms with Gasteiger partial charge < -0.3 is 15.0 Å². The Labute approximate surface area is 174 Å². The fraction of sp³-hybridized carbons (Fsp3) is 0.160. The monoisotopic (exact) mass is 387 g/mol. The lowest BCUT2D eigenvalue weighted by Crippen LogP contribution is -2.06. The Morgan fingerprint density at radius 2 is 1.62 bits per heavy atom. The number of nitrogens with one attached hydrogen (secondary N) is 1. The maximum atomic E-state index is 5.81. The summed E-state index contributed by atoms with van der Waals surface area (Å²) in [6.45, 7) is 11.9. The summed E-state index contributed by atoms with van der Waals surface area (Å²) in [5.74, 6) is 1.59. The van der Waals surface area contributed by atoms with E-state index in [1.54, 1.807) is 0 Å². The minimum atomic E-state index is 0.738. The van der Waals surface area contributed by atoms with Gasteiger partial charge >= 0.3 is 0 Å². The maximum absolute atomic E-state index is 5.81. The van der Waals surface area contributed by atoms with E-state index in [1.165, 1.54) is 0 Å². The van der Waals surface area contributed by atoms with Gasteiger partial charge in [0.15, 0.2) is 0 Å². The molecular formula is C25H29N3O. The SMILES string of the molecule is C=CC(=C/N(C)C)/C(C)=C/N=C(C)C(=C)Nc1ccc(Oc2ccccc2)cc1. The van der Waals surface area contributed by atoms with Gasteiger partial charge in [0.05, 0.1) is 11.4 Å². The van der Waals surface area contributed by atoms with E-state index in [2.05, 4.69) is 23.5 Å². The van der Waals surface area contributed by atoms with Crippen LogP contribution in [0.1, 0.15) is 13.8 Å². The number of nitrogens with zero attached hydrogens (tertiary/aromatic N) is 2. The van der Waals surface area contributed by atoms with Gasteiger partial charge in [-0.05, 0) is 61.4 Å². The molecule has 2 rings (SSSR count). The average molecular weight is 388 g/mol. The minimum Gasteiger partial charge on any atom is -0.457 e. The molecule has 0 aliphatic carbocycles. The number of hydrogen-bond donors (Lipinski definition) is 1. The van der Waals surface area contributed by atoms with Crippen LogP contribution in [-0.4, -0.2) is 24.7 Å². The van der Waals surface area contributed by atoms with E-state index in [-0.39, 0.29) is 0 Å². The molecule has 0 atom stereocenters. The molecule has 0 unspecified atom stereocenters. The second kappa shape index (κ2) is 10.7. The lowest BCUT2D eigenvalue weighted by molar-refractivity contribution is 0.483. The Kier molecular flexibility index (Phi) is 8.04. The van der Waals surface area contributed by atoms with E-state index in [9.17, 15) is 0 Å². The standard InChI is InChI=1S/C25H29N3O/c1-7-22(18-28(5)6)19(2)17-26-20(3)21(4)27-23-13-15-25(16-14-23)29-24-11-9-8-10-12-24/h7-18,27H,1,4H2,2-3,5-6H3/b19-17+,22-18-,26-20?. The van der Waals surface area contributed by atoms with Crippen LogP contribution in [0, 0.1) is 0 Å². The second-order valence-corrected chi connectivity index (χ2v) is 6.82. The summed E-state index contributed by atoms with van der Waals surface area (Å²) < 4.78 is 5.81. The third-order valence-corrected chi connectivity index (χ3v) is 4.09. The number of rotatable bonds is 9. The molecule has 2 aromatic carbocycles. The summed E-state index contributed by atoms with van der Waals surface area (Å²) in [4.78, 5) is 6.51. The zero-order valence-corrected chi connectivity index (χ0v) is 17.6. The lowest BCUT2D eigenvalue weighted by Gasteiger charge is -2.11. The highest BCUT2D eigenvalue weighted by molar-refractivity contribution is 6.00. The molecular weight excluding hydrogens is 358 g/mol. The molecule has 0 saturated heterocycles. The van der Waals surface area contributed by atoms with Gasteiger partial charge in [-0.15, -0.1) is 0 Å². The van der Waals surface area contributed by atoms with Crippen LogP contribution in [0.5, 0.6) is 11.5 Å². The van der Waals surface area contributed by atoms with Gasteiger partial charge in [0, 0.05) is 32.2 Å². The number of benzene rings is 2. The molecule has 0 spiro atoms. The van der Waals surface area contributed by atoms with E-state index >= 15 is 0 Å². The topological polar surface area (TPSA) is 36.9 Å². The van der Waals surface area contributed by atoms with Crippen LogP contribution >= 0.6 is 0 Å². The molecule has 0 bridgehead atoms. The molecule has 0 heterocycles. The Bertz CT molecular complexity index is 920. The van der Waals surface area contributed by atoms with Crippen LogP contribution in [0.25, 0.3) is 0 Å². The maximum Gasteiger partial charge on any atom is 0.127 e. The van der Waals surface area contributed by atoms with E-state index in [0.29, 0.717) is 0 Å². The first-order valence-electron chi connectivity index (χ1n) is 9.40. The van der Waals surface area contributed by atoms with Crippen molar-refractivity contribution in [3.63, 3.8) is 0 Å². The van der Waals surface area contributed by atoms with Crippen molar-refractivity contribution in [1.82, 2.24) is 4.90 Å². The summed E-state index contributed by atoms with van der Waals surface area (Å²) in [6.07, 6.45) is 5.66. The van der Waals surface area contributed by atoms with Gasteiger partial charge in [-0.2, -0.15) is 0 Å². The normalized spacial score (nSPS) is 12.3. The van der Waals surface area contributed by atoms with Crippen molar-refractivity contribution in [2.45, 2.75) is 13.8 Å². The summed E-state index contributed by atoms with van der Waals surface area (Å²) >= 11 is 0. The van der Waals surface area contributed by atoms with E-state index in [4.69, 9.17) is 4.74 Å². The van der Waals surface area contributed by atoms with Crippen molar-refractivity contribution in [3.8, 4) is 11.5 Å². The number of hydrogen-bond acceptors (Lipinski definition) is 4. The molecule has 0 radical (unpaired) electrons. The number of ether oxygens (including phenoxy) is 1. The molecule has 150 valence electrons. The van der Waals surface area contributed by atoms with Crippen molar-refractivity contribution in [1.29, 1.82) is 0 Å². The van der Waals surface area contributed by atoms with Gasteiger partial charge in [0.2, 0.25) is 0 Å². The van der Waals surface area contributed by atoms with Crippen molar-refractivity contribution >= 4 is 11.4 Å². The van der Waals surface area contributed by atoms with Crippen molar-refractivity contribution in [2.75, 3.05) is 19.4 Å². The first-order valence-corrected chi connectivity index (χ1v) is 9.40. The molecule has 4 heteroatoms. The summed E-state index contributed by atoms with van der Waals surface area (Å²) in [7, 11) is 3.96. The quantitative estimate of drug-likeness (QED) is 0.399. The van der Waals surface area contributed by atoms with Crippen LogP contribution in [0.2, 0.25) is 0 Å². The molecule has 4 nitrogen and oxygen atoms in total. The predicted octanol–water partition coefficient (Wildman–Crippen LogP) is 6.40. The Balaban J connectivity index is 2.00. The van der Waals surface area contributed by atoms with Gasteiger partial charge in [-0.25, -0.2) is 0 Å². The first kappa shape index (κ1) is 21.8. The van der Waals surface area contributed by atoms with Crippen LogP contribution in [0.15, 0.2) is 108 Å². The van der Waals surface area contributed by atoms with Gasteiger partial charge in [-0.3, -0.25) is 4.99 Å². The van der Waals surface area contributed by atoms with E-state index in [0.717, 1.165) is 39.7 Å². The third kappa shape index (κ3) is 7.18. The van der Waals surface area contributed by atoms with Crippen LogP contribution in [0.4, 0.5) is 5.69 Å². The second-order valence-electron chi connectivity index (χ2n) is 6.82. The predicted molar refractivity (Wildman–Crippen MR) is 125 cm³/mol. The number of aliphatic imine (C=N–C) groups is 1. The molecule has 29 heavy (non-hydrogen) atoms. The highest BCUT2D eigenvalue weighted by Gasteiger charge is 2.02. The molecule has 0 saturated carbocycles. The summed E-state index contributed by atoms with van der Waals surface area (Å²) in [6, 6.07) is 17.4. The lowest BCUT2D eigenvalue weighted by atomic mass is 10.1. The Morgan fingerprint density at radius 1 is 1.00 bits per heavy atom. The van der Waals surface area contributed by atoms with Crippen LogP contribution in [0.3, 0.4) is 0 Å². The number of para-hydroxylation sites is 1. The average Bonchev–Trinajstić information content (AvgIpc) is 2.72. The zero-order valence-electron chi connectivity index (χ0n) is 17.6. The number of anilines is 1. The Morgan fingerprint density at radius 3 is 2.21 bits per heavy atom. The van der Waals surface area contributed by atoms with Crippen LogP contribution < -0.4 is 10.1 Å². The Hall–Kier alpha value is -3.53. The molecule has 0 fully saturated rings. The fourth-order valence-corrected chi connectivity index (χ4v) is 2.44. The first-order chi connectivity index (χ1) is 13.9. The summed E-state index contributed by atoms with van der Waals surface area (Å²) in [5.41, 5.74) is 4.53. The molecule has 2 aromatic rings. The van der Waals surface area contributed by atoms with Crippen LogP contribution in [-0.2, 0) is 0 Å². The van der Waals surface area contributed by atoms with Crippen molar-refractivity contribution in [2.24, 2.45) is 4.99 Å². The fourth-order valence-electron chi connectivity index (χ4n) is 2.44. The van der Waals surface area contributed by atoms with Crippen molar-refractivity contribution in [3.05, 3.63) is 103 Å². The van der Waals surface area contributed by atoms with Gasteiger partial charge in [-0.1, -0.05) is 37.4 Å². The molecule has 0 amide bonds. The molecule has 0 aliphatic rings. The zero-order chi connectivity index (χ0) is 21.2. The highest BCUT2D eigenvalue weighted by atomic mass is 16.5. The van der Waals surface area contributed by atoms with Gasteiger partial charge in [0.1, 0.15) is 11.5 Å². The van der Waals surface area contributed by atoms with Gasteiger partial charge in [0.25, 0.3) is 0 Å². The molecule has 0 aromatic heterocycles.